The van der Waals surface area contributed by atoms with Gasteiger partial charge in [0.1, 0.15) is 5.75 Å². The Kier molecular flexibility index (Phi) is 4.32. The minimum absolute atomic E-state index is 0.01000. The standard InChI is InChI=1S/C14H19ClN2O2/c1-9(16)8-10-11(15)4-3-5-12(10)19-13-6-7-17(2)14(13)18/h3-5,9,13H,6-8,16H2,1-2H3. The van der Waals surface area contributed by atoms with Crippen molar-refractivity contribution in [2.75, 3.05) is 13.6 Å². The molecule has 1 amide bonds. The molecule has 2 rings (SSSR count). The van der Waals surface area contributed by atoms with Gasteiger partial charge in [0.05, 0.1) is 0 Å². The number of amides is 1. The van der Waals surface area contributed by atoms with Crippen LogP contribution in [-0.2, 0) is 11.2 Å². The van der Waals surface area contributed by atoms with E-state index in [0.29, 0.717) is 23.6 Å². The second-order valence-corrected chi connectivity index (χ2v) is 5.46. The molecule has 0 spiro atoms. The number of halogens is 1. The molecule has 5 heteroatoms. The molecular formula is C14H19ClN2O2. The number of hydrogen-bond acceptors (Lipinski definition) is 3. The Labute approximate surface area is 118 Å². The Hall–Kier alpha value is -1.26. The van der Waals surface area contributed by atoms with Crippen molar-refractivity contribution >= 4 is 17.5 Å². The number of likely N-dealkylation sites (tertiary alicyclic amines) is 1. The van der Waals surface area contributed by atoms with Gasteiger partial charge < -0.3 is 15.4 Å². The van der Waals surface area contributed by atoms with Crippen molar-refractivity contribution in [3.8, 4) is 5.75 Å². The lowest BCUT2D eigenvalue weighted by molar-refractivity contribution is -0.132. The van der Waals surface area contributed by atoms with E-state index in [1.54, 1.807) is 11.9 Å². The summed E-state index contributed by atoms with van der Waals surface area (Å²) in [6, 6.07) is 5.47. The number of rotatable bonds is 4. The van der Waals surface area contributed by atoms with Crippen molar-refractivity contribution in [2.24, 2.45) is 5.73 Å². The Balaban J connectivity index is 2.20. The summed E-state index contributed by atoms with van der Waals surface area (Å²) in [5.41, 5.74) is 6.71. The molecule has 19 heavy (non-hydrogen) atoms. The Morgan fingerprint density at radius 2 is 2.32 bits per heavy atom. The van der Waals surface area contributed by atoms with Gasteiger partial charge in [0.15, 0.2) is 6.10 Å². The van der Waals surface area contributed by atoms with Crippen LogP contribution in [0.1, 0.15) is 18.9 Å². The van der Waals surface area contributed by atoms with Gasteiger partial charge in [-0.1, -0.05) is 17.7 Å². The highest BCUT2D eigenvalue weighted by Crippen LogP contribution is 2.29. The summed E-state index contributed by atoms with van der Waals surface area (Å²) in [5.74, 6) is 0.685. The van der Waals surface area contributed by atoms with E-state index >= 15 is 0 Å². The average molecular weight is 283 g/mol. The first-order chi connectivity index (χ1) is 8.99. The predicted molar refractivity (Wildman–Crippen MR) is 75.5 cm³/mol. The van der Waals surface area contributed by atoms with Crippen LogP contribution in [0.3, 0.4) is 0 Å². The molecule has 1 aromatic rings. The van der Waals surface area contributed by atoms with Crippen LogP contribution in [-0.4, -0.2) is 36.5 Å². The van der Waals surface area contributed by atoms with Crippen molar-refractivity contribution in [3.63, 3.8) is 0 Å². The highest BCUT2D eigenvalue weighted by molar-refractivity contribution is 6.31. The zero-order chi connectivity index (χ0) is 14.0. The molecule has 0 radical (unpaired) electrons. The largest absolute Gasteiger partial charge is 0.480 e. The first-order valence-electron chi connectivity index (χ1n) is 6.43. The van der Waals surface area contributed by atoms with E-state index in [2.05, 4.69) is 0 Å². The molecule has 1 saturated heterocycles. The number of benzene rings is 1. The lowest BCUT2D eigenvalue weighted by Gasteiger charge is -2.18. The molecule has 2 N–H and O–H groups in total. The Morgan fingerprint density at radius 1 is 1.58 bits per heavy atom. The smallest absolute Gasteiger partial charge is 0.263 e. The van der Waals surface area contributed by atoms with Gasteiger partial charge in [-0.2, -0.15) is 0 Å². The van der Waals surface area contributed by atoms with Crippen molar-refractivity contribution in [1.82, 2.24) is 4.90 Å². The molecule has 1 aliphatic rings. The Bertz CT molecular complexity index is 477. The molecule has 4 nitrogen and oxygen atoms in total. The zero-order valence-electron chi connectivity index (χ0n) is 11.2. The van der Waals surface area contributed by atoms with Gasteiger partial charge in [0, 0.05) is 36.6 Å². The lowest BCUT2D eigenvalue weighted by Crippen LogP contribution is -2.30. The third kappa shape index (κ3) is 3.19. The number of carbonyl (C=O) groups is 1. The van der Waals surface area contributed by atoms with Crippen molar-refractivity contribution in [3.05, 3.63) is 28.8 Å². The van der Waals surface area contributed by atoms with Crippen molar-refractivity contribution in [1.29, 1.82) is 0 Å². The molecule has 0 bridgehead atoms. The predicted octanol–water partition coefficient (Wildman–Crippen LogP) is 1.84. The first kappa shape index (κ1) is 14.2. The fourth-order valence-electron chi connectivity index (χ4n) is 2.22. The second-order valence-electron chi connectivity index (χ2n) is 5.05. The molecular weight excluding hydrogens is 264 g/mol. The van der Waals surface area contributed by atoms with E-state index < -0.39 is 6.10 Å². The monoisotopic (exact) mass is 282 g/mol. The van der Waals surface area contributed by atoms with E-state index in [9.17, 15) is 4.79 Å². The van der Waals surface area contributed by atoms with Gasteiger partial charge >= 0.3 is 0 Å². The maximum Gasteiger partial charge on any atom is 0.263 e. The van der Waals surface area contributed by atoms with Crippen LogP contribution in [0.5, 0.6) is 5.75 Å². The molecule has 2 unspecified atom stereocenters. The summed E-state index contributed by atoms with van der Waals surface area (Å²) in [6.07, 6.45) is 0.931. The normalized spacial score (nSPS) is 20.7. The minimum atomic E-state index is -0.407. The molecule has 1 aliphatic heterocycles. The van der Waals surface area contributed by atoms with Crippen LogP contribution < -0.4 is 10.5 Å². The molecule has 0 saturated carbocycles. The van der Waals surface area contributed by atoms with E-state index in [-0.39, 0.29) is 11.9 Å². The van der Waals surface area contributed by atoms with Gasteiger partial charge in [-0.25, -0.2) is 0 Å². The van der Waals surface area contributed by atoms with E-state index in [4.69, 9.17) is 22.1 Å². The fourth-order valence-corrected chi connectivity index (χ4v) is 2.47. The quantitative estimate of drug-likeness (QED) is 0.917. The number of carbonyl (C=O) groups excluding carboxylic acids is 1. The fraction of sp³-hybridized carbons (Fsp3) is 0.500. The van der Waals surface area contributed by atoms with Crippen LogP contribution in [0.25, 0.3) is 0 Å². The molecule has 1 fully saturated rings. The second kappa shape index (κ2) is 5.80. The molecule has 0 aromatic heterocycles. The van der Waals surface area contributed by atoms with Crippen LogP contribution in [0.4, 0.5) is 0 Å². The van der Waals surface area contributed by atoms with Gasteiger partial charge in [0.2, 0.25) is 0 Å². The first-order valence-corrected chi connectivity index (χ1v) is 6.81. The number of hydrogen-bond donors (Lipinski definition) is 1. The summed E-state index contributed by atoms with van der Waals surface area (Å²) < 4.78 is 5.84. The van der Waals surface area contributed by atoms with Gasteiger partial charge in [-0.05, 0) is 25.5 Å². The summed E-state index contributed by atoms with van der Waals surface area (Å²) in [6.45, 7) is 2.65. The van der Waals surface area contributed by atoms with Crippen LogP contribution in [0, 0.1) is 0 Å². The molecule has 1 heterocycles. The third-order valence-electron chi connectivity index (χ3n) is 3.25. The number of likely N-dealkylation sites (N-methyl/N-ethyl adjacent to an activating group) is 1. The van der Waals surface area contributed by atoms with E-state index in [1.165, 1.54) is 0 Å². The Morgan fingerprint density at radius 3 is 2.89 bits per heavy atom. The van der Waals surface area contributed by atoms with Gasteiger partial charge in [-0.15, -0.1) is 0 Å². The third-order valence-corrected chi connectivity index (χ3v) is 3.60. The molecule has 2 atom stereocenters. The number of nitrogens with zero attached hydrogens (tertiary/aromatic N) is 1. The highest BCUT2D eigenvalue weighted by Gasteiger charge is 2.31. The molecule has 104 valence electrons. The van der Waals surface area contributed by atoms with Crippen molar-refractivity contribution in [2.45, 2.75) is 31.9 Å². The number of nitrogens with two attached hydrogens (primary N) is 1. The average Bonchev–Trinajstić information content (AvgIpc) is 2.65. The van der Waals surface area contributed by atoms with E-state index in [1.807, 2.05) is 25.1 Å². The number of ether oxygens (including phenoxy) is 1. The highest BCUT2D eigenvalue weighted by atomic mass is 35.5. The zero-order valence-corrected chi connectivity index (χ0v) is 12.0. The maximum atomic E-state index is 11.9. The summed E-state index contributed by atoms with van der Waals surface area (Å²) in [4.78, 5) is 13.6. The molecule has 0 aliphatic carbocycles. The summed E-state index contributed by atoms with van der Waals surface area (Å²) in [7, 11) is 1.78. The lowest BCUT2D eigenvalue weighted by atomic mass is 10.1. The van der Waals surface area contributed by atoms with Crippen LogP contribution in [0.2, 0.25) is 5.02 Å². The van der Waals surface area contributed by atoms with Gasteiger partial charge in [-0.3, -0.25) is 4.79 Å². The summed E-state index contributed by atoms with van der Waals surface area (Å²) in [5, 5.41) is 0.633. The minimum Gasteiger partial charge on any atom is -0.480 e. The topological polar surface area (TPSA) is 55.6 Å². The van der Waals surface area contributed by atoms with Crippen molar-refractivity contribution < 1.29 is 9.53 Å². The van der Waals surface area contributed by atoms with Crippen LogP contribution in [0.15, 0.2) is 18.2 Å². The summed E-state index contributed by atoms with van der Waals surface area (Å²) >= 11 is 6.19. The van der Waals surface area contributed by atoms with E-state index in [0.717, 1.165) is 12.1 Å². The maximum absolute atomic E-state index is 11.9. The SMILES string of the molecule is CC(N)Cc1c(Cl)cccc1OC1CCN(C)C1=O. The van der Waals surface area contributed by atoms with Gasteiger partial charge in [0.25, 0.3) is 5.91 Å². The molecule has 1 aromatic carbocycles. The van der Waals surface area contributed by atoms with Crippen LogP contribution >= 0.6 is 11.6 Å².